The van der Waals surface area contributed by atoms with Crippen molar-refractivity contribution in [2.75, 3.05) is 18.0 Å². The Bertz CT molecular complexity index is 593. The maximum absolute atomic E-state index is 8.77. The molecule has 0 atom stereocenters. The largest absolute Gasteiger partial charge is 0.349 e. The Kier molecular flexibility index (Phi) is 5.73. The third-order valence-corrected chi connectivity index (χ3v) is 4.34. The number of hydrogen-bond donors (Lipinski definition) is 1. The number of hydrogen-bond acceptors (Lipinski definition) is 5. The molecule has 1 heterocycles. The van der Waals surface area contributed by atoms with Crippen LogP contribution in [0.25, 0.3) is 0 Å². The quantitative estimate of drug-likeness (QED) is 0.853. The number of aromatic nitrogens is 1. The molecule has 0 saturated carbocycles. The molecule has 0 fully saturated rings. The highest BCUT2D eigenvalue weighted by molar-refractivity contribution is 7.15. The summed E-state index contributed by atoms with van der Waals surface area (Å²) in [6, 6.07) is 9.80. The third kappa shape index (κ3) is 4.28. The number of rotatable bonds is 7. The number of benzene rings is 1. The fourth-order valence-corrected chi connectivity index (χ4v) is 3.05. The van der Waals surface area contributed by atoms with Crippen LogP contribution in [0, 0.1) is 11.3 Å². The molecular formula is C16H20N4S. The van der Waals surface area contributed by atoms with Gasteiger partial charge in [-0.3, -0.25) is 0 Å². The van der Waals surface area contributed by atoms with E-state index in [-0.39, 0.29) is 0 Å². The summed E-state index contributed by atoms with van der Waals surface area (Å²) in [7, 11) is 0. The summed E-state index contributed by atoms with van der Waals surface area (Å²) in [5.41, 5.74) is 1.88. The minimum Gasteiger partial charge on any atom is -0.349 e. The van der Waals surface area contributed by atoms with E-state index in [9.17, 15) is 0 Å². The van der Waals surface area contributed by atoms with E-state index < -0.39 is 0 Å². The van der Waals surface area contributed by atoms with Crippen molar-refractivity contribution in [1.29, 1.82) is 5.26 Å². The average Bonchev–Trinajstić information content (AvgIpc) is 2.98. The van der Waals surface area contributed by atoms with Gasteiger partial charge in [-0.15, -0.1) is 11.3 Å². The lowest BCUT2D eigenvalue weighted by molar-refractivity contribution is 0.700. The molecule has 0 spiro atoms. The minimum absolute atomic E-state index is 0.699. The number of nitrogens with zero attached hydrogens (tertiary/aromatic N) is 3. The van der Waals surface area contributed by atoms with Crippen molar-refractivity contribution in [1.82, 2.24) is 10.3 Å². The molecular weight excluding hydrogens is 280 g/mol. The van der Waals surface area contributed by atoms with E-state index in [4.69, 9.17) is 5.26 Å². The Morgan fingerprint density at radius 3 is 2.52 bits per heavy atom. The zero-order chi connectivity index (χ0) is 15.1. The van der Waals surface area contributed by atoms with Crippen LogP contribution < -0.4 is 10.2 Å². The Morgan fingerprint density at radius 1 is 1.19 bits per heavy atom. The smallest absolute Gasteiger partial charge is 0.185 e. The van der Waals surface area contributed by atoms with Gasteiger partial charge in [-0.25, -0.2) is 4.98 Å². The monoisotopic (exact) mass is 300 g/mol. The highest BCUT2D eigenvalue weighted by Crippen LogP contribution is 2.22. The summed E-state index contributed by atoms with van der Waals surface area (Å²) in [5.74, 6) is 0. The molecule has 110 valence electrons. The summed E-state index contributed by atoms with van der Waals surface area (Å²) < 4.78 is 0. The molecule has 0 aliphatic heterocycles. The van der Waals surface area contributed by atoms with Crippen molar-refractivity contribution in [2.45, 2.75) is 26.9 Å². The topological polar surface area (TPSA) is 52.0 Å². The van der Waals surface area contributed by atoms with Crippen LogP contribution in [0.4, 0.5) is 5.13 Å². The van der Waals surface area contributed by atoms with Crippen molar-refractivity contribution in [3.63, 3.8) is 0 Å². The molecule has 1 aromatic heterocycles. The molecule has 2 aromatic rings. The average molecular weight is 300 g/mol. The van der Waals surface area contributed by atoms with Gasteiger partial charge in [-0.05, 0) is 31.5 Å². The van der Waals surface area contributed by atoms with Crippen LogP contribution in [0.5, 0.6) is 0 Å². The first kappa shape index (κ1) is 15.5. The van der Waals surface area contributed by atoms with E-state index in [1.165, 1.54) is 10.4 Å². The molecule has 1 aromatic carbocycles. The third-order valence-electron chi connectivity index (χ3n) is 3.29. The van der Waals surface area contributed by atoms with Gasteiger partial charge in [-0.1, -0.05) is 12.1 Å². The van der Waals surface area contributed by atoms with Gasteiger partial charge >= 0.3 is 0 Å². The van der Waals surface area contributed by atoms with E-state index in [0.717, 1.165) is 31.3 Å². The first-order chi connectivity index (χ1) is 10.3. The Hall–Kier alpha value is -1.90. The maximum Gasteiger partial charge on any atom is 0.185 e. The van der Waals surface area contributed by atoms with Gasteiger partial charge in [0, 0.05) is 37.3 Å². The molecule has 2 rings (SSSR count). The van der Waals surface area contributed by atoms with Gasteiger partial charge in [0.15, 0.2) is 5.13 Å². The van der Waals surface area contributed by atoms with Gasteiger partial charge in [-0.2, -0.15) is 5.26 Å². The second kappa shape index (κ2) is 7.77. The standard InChI is InChI=1S/C16H20N4S/c1-3-20(4-2)16-19-12-15(21-16)11-18-10-14-7-5-13(9-17)6-8-14/h5-8,12,18H,3-4,10-11H2,1-2H3. The van der Waals surface area contributed by atoms with Crippen molar-refractivity contribution < 1.29 is 0 Å². The molecule has 0 bridgehead atoms. The van der Waals surface area contributed by atoms with Gasteiger partial charge < -0.3 is 10.2 Å². The number of thiazole rings is 1. The van der Waals surface area contributed by atoms with Gasteiger partial charge in [0.1, 0.15) is 0 Å². The molecule has 0 saturated heterocycles. The number of nitrogens with one attached hydrogen (secondary N) is 1. The van der Waals surface area contributed by atoms with Crippen molar-refractivity contribution in [2.24, 2.45) is 0 Å². The predicted molar refractivity (Wildman–Crippen MR) is 87.4 cm³/mol. The highest BCUT2D eigenvalue weighted by atomic mass is 32.1. The molecule has 1 N–H and O–H groups in total. The predicted octanol–water partition coefficient (Wildman–Crippen LogP) is 3.15. The summed E-state index contributed by atoms with van der Waals surface area (Å²) in [6.07, 6.45) is 1.95. The van der Waals surface area contributed by atoms with Crippen LogP contribution in [-0.2, 0) is 13.1 Å². The summed E-state index contributed by atoms with van der Waals surface area (Å²) in [4.78, 5) is 7.97. The lowest BCUT2D eigenvalue weighted by Gasteiger charge is -2.16. The Morgan fingerprint density at radius 2 is 1.90 bits per heavy atom. The van der Waals surface area contributed by atoms with E-state index in [0.29, 0.717) is 5.56 Å². The first-order valence-corrected chi connectivity index (χ1v) is 7.97. The first-order valence-electron chi connectivity index (χ1n) is 7.16. The fraction of sp³-hybridized carbons (Fsp3) is 0.375. The molecule has 4 nitrogen and oxygen atoms in total. The summed E-state index contributed by atoms with van der Waals surface area (Å²) in [5, 5.41) is 13.3. The van der Waals surface area contributed by atoms with Crippen LogP contribution in [0.3, 0.4) is 0 Å². The lowest BCUT2D eigenvalue weighted by Crippen LogP contribution is -2.21. The van der Waals surface area contributed by atoms with Crippen LogP contribution in [0.15, 0.2) is 30.5 Å². The lowest BCUT2D eigenvalue weighted by atomic mass is 10.1. The van der Waals surface area contributed by atoms with Crippen LogP contribution in [0.2, 0.25) is 0 Å². The summed E-state index contributed by atoms with van der Waals surface area (Å²) in [6.45, 7) is 7.88. The normalized spacial score (nSPS) is 10.3. The maximum atomic E-state index is 8.77. The van der Waals surface area contributed by atoms with Gasteiger partial charge in [0.2, 0.25) is 0 Å². The SMILES string of the molecule is CCN(CC)c1ncc(CNCc2ccc(C#N)cc2)s1. The van der Waals surface area contributed by atoms with Gasteiger partial charge in [0.25, 0.3) is 0 Å². The zero-order valence-corrected chi connectivity index (χ0v) is 13.3. The molecule has 5 heteroatoms. The molecule has 0 amide bonds. The highest BCUT2D eigenvalue weighted by Gasteiger charge is 2.07. The second-order valence-corrected chi connectivity index (χ2v) is 5.79. The molecule has 21 heavy (non-hydrogen) atoms. The zero-order valence-electron chi connectivity index (χ0n) is 12.5. The van der Waals surface area contributed by atoms with E-state index >= 15 is 0 Å². The molecule has 0 radical (unpaired) electrons. The van der Waals surface area contributed by atoms with Crippen molar-refractivity contribution in [3.8, 4) is 6.07 Å². The van der Waals surface area contributed by atoms with E-state index in [1.54, 1.807) is 11.3 Å². The minimum atomic E-state index is 0.699. The molecule has 0 aliphatic rings. The Balaban J connectivity index is 1.84. The molecule has 0 unspecified atom stereocenters. The van der Waals surface area contributed by atoms with Crippen LogP contribution in [-0.4, -0.2) is 18.1 Å². The van der Waals surface area contributed by atoms with Crippen molar-refractivity contribution in [3.05, 3.63) is 46.5 Å². The van der Waals surface area contributed by atoms with E-state index in [2.05, 4.69) is 35.1 Å². The van der Waals surface area contributed by atoms with Crippen LogP contribution >= 0.6 is 11.3 Å². The van der Waals surface area contributed by atoms with Crippen LogP contribution in [0.1, 0.15) is 29.9 Å². The Labute approximate surface area is 130 Å². The van der Waals surface area contributed by atoms with E-state index in [1.807, 2.05) is 30.5 Å². The number of nitriles is 1. The fourth-order valence-electron chi connectivity index (χ4n) is 2.05. The number of anilines is 1. The second-order valence-electron chi connectivity index (χ2n) is 4.69. The van der Waals surface area contributed by atoms with Crippen molar-refractivity contribution >= 4 is 16.5 Å². The molecule has 0 aliphatic carbocycles. The summed E-state index contributed by atoms with van der Waals surface area (Å²) >= 11 is 1.74. The van der Waals surface area contributed by atoms with Gasteiger partial charge in [0.05, 0.1) is 11.6 Å².